The van der Waals surface area contributed by atoms with Crippen LogP contribution in [0.2, 0.25) is 0 Å². The molecule has 1 aromatic heterocycles. The Morgan fingerprint density at radius 2 is 2.03 bits per heavy atom. The standard InChI is InChI=1S/C22H25BN6O8S/c1-3-28-4-5-29(19(32)18(28)31)22(35)27-15(13-9-38-21(24)25-13)17(30)26-14-8-11-6-10(2)7-12(20(33)34)16(11)37-23(14)36/h6-7,9,14-15,36H,3-5,8H2,1-2H3,(H2,24,25)(H,26,30)(H,27,35)(H,33,34)/t14-,15?/m0/s1. The molecule has 6 N–H and O–H groups in total. The average molecular weight is 544 g/mol. The van der Waals surface area contributed by atoms with Gasteiger partial charge >= 0.3 is 30.9 Å². The van der Waals surface area contributed by atoms with Crippen molar-refractivity contribution in [1.29, 1.82) is 0 Å². The molecule has 0 radical (unpaired) electrons. The molecule has 2 aromatic rings. The number of carbonyl (C=O) groups excluding carboxylic acids is 4. The summed E-state index contributed by atoms with van der Waals surface area (Å²) in [5.41, 5.74) is 6.80. The first-order valence-electron chi connectivity index (χ1n) is 11.6. The molecule has 1 fully saturated rings. The van der Waals surface area contributed by atoms with E-state index in [9.17, 15) is 34.1 Å². The number of thiazole rings is 1. The van der Waals surface area contributed by atoms with E-state index in [0.29, 0.717) is 17.7 Å². The molecule has 0 aliphatic carbocycles. The number of piperazine rings is 1. The highest BCUT2D eigenvalue weighted by Gasteiger charge is 2.41. The van der Waals surface area contributed by atoms with Crippen molar-refractivity contribution in [2.24, 2.45) is 0 Å². The predicted molar refractivity (Wildman–Crippen MR) is 134 cm³/mol. The highest BCUT2D eigenvalue weighted by atomic mass is 32.1. The first kappa shape index (κ1) is 26.9. The molecule has 1 saturated heterocycles. The van der Waals surface area contributed by atoms with Gasteiger partial charge < -0.3 is 36.1 Å². The van der Waals surface area contributed by atoms with Crippen molar-refractivity contribution in [3.05, 3.63) is 39.9 Å². The Balaban J connectivity index is 1.54. The lowest BCUT2D eigenvalue weighted by Crippen LogP contribution is -2.60. The van der Waals surface area contributed by atoms with E-state index < -0.39 is 48.8 Å². The Morgan fingerprint density at radius 1 is 1.29 bits per heavy atom. The van der Waals surface area contributed by atoms with Crippen LogP contribution in [0.25, 0.3) is 0 Å². The summed E-state index contributed by atoms with van der Waals surface area (Å²) in [7, 11) is -1.59. The van der Waals surface area contributed by atoms with Crippen LogP contribution in [0.1, 0.15) is 40.1 Å². The molecular weight excluding hydrogens is 519 g/mol. The Hall–Kier alpha value is -4.18. The van der Waals surface area contributed by atoms with Crippen LogP contribution in [0.5, 0.6) is 5.75 Å². The number of rotatable bonds is 6. The summed E-state index contributed by atoms with van der Waals surface area (Å²) in [6.45, 7) is 3.81. The maximum absolute atomic E-state index is 13.3. The van der Waals surface area contributed by atoms with Crippen molar-refractivity contribution in [1.82, 2.24) is 25.4 Å². The highest BCUT2D eigenvalue weighted by Crippen LogP contribution is 2.32. The van der Waals surface area contributed by atoms with Crippen molar-refractivity contribution in [2.75, 3.05) is 25.4 Å². The number of aromatic carboxylic acids is 1. The fraction of sp³-hybridized carbons (Fsp3) is 0.364. The lowest BCUT2D eigenvalue weighted by Gasteiger charge is -2.33. The number of fused-ring (bicyclic) bond motifs is 1. The molecule has 3 heterocycles. The van der Waals surface area contributed by atoms with Gasteiger partial charge in [-0.15, -0.1) is 11.3 Å². The number of nitrogens with one attached hydrogen (secondary N) is 2. The summed E-state index contributed by atoms with van der Waals surface area (Å²) in [5, 5.41) is 26.6. The van der Waals surface area contributed by atoms with Gasteiger partial charge in [-0.1, -0.05) is 6.07 Å². The van der Waals surface area contributed by atoms with Crippen LogP contribution >= 0.6 is 11.3 Å². The largest absolute Gasteiger partial charge is 0.547 e. The quantitative estimate of drug-likeness (QED) is 0.229. The average Bonchev–Trinajstić information content (AvgIpc) is 3.29. The second-order valence-corrected chi connectivity index (χ2v) is 9.66. The van der Waals surface area contributed by atoms with Gasteiger partial charge in [0.1, 0.15) is 11.3 Å². The van der Waals surface area contributed by atoms with Gasteiger partial charge in [-0.05, 0) is 37.5 Å². The normalized spacial score (nSPS) is 18.0. The zero-order chi connectivity index (χ0) is 27.7. The van der Waals surface area contributed by atoms with Gasteiger partial charge in [-0.3, -0.25) is 19.3 Å². The van der Waals surface area contributed by atoms with Crippen molar-refractivity contribution in [2.45, 2.75) is 32.3 Å². The molecule has 1 unspecified atom stereocenters. The Bertz CT molecular complexity index is 1320. The van der Waals surface area contributed by atoms with Gasteiger partial charge in [0.2, 0.25) is 5.91 Å². The first-order chi connectivity index (χ1) is 18.0. The smallest absolute Gasteiger partial charge is 0.534 e. The Morgan fingerprint density at radius 3 is 2.66 bits per heavy atom. The predicted octanol–water partition coefficient (Wildman–Crippen LogP) is -0.687. The summed E-state index contributed by atoms with van der Waals surface area (Å²) >= 11 is 1.02. The molecule has 2 aliphatic heterocycles. The lowest BCUT2D eigenvalue weighted by molar-refractivity contribution is -0.153. The fourth-order valence-corrected chi connectivity index (χ4v) is 4.89. The third kappa shape index (κ3) is 5.26. The van der Waals surface area contributed by atoms with Crippen LogP contribution < -0.4 is 21.0 Å². The van der Waals surface area contributed by atoms with E-state index >= 15 is 0 Å². The summed E-state index contributed by atoms with van der Waals surface area (Å²) in [6.07, 6.45) is 0.0377. The molecule has 2 aliphatic rings. The summed E-state index contributed by atoms with van der Waals surface area (Å²) < 4.78 is 5.45. The van der Waals surface area contributed by atoms with E-state index in [1.165, 1.54) is 16.3 Å². The molecule has 38 heavy (non-hydrogen) atoms. The number of benzene rings is 1. The maximum atomic E-state index is 13.3. The first-order valence-corrected chi connectivity index (χ1v) is 12.5. The molecule has 16 heteroatoms. The summed E-state index contributed by atoms with van der Waals surface area (Å²) in [5.74, 6) is -4.87. The molecule has 0 bridgehead atoms. The van der Waals surface area contributed by atoms with Crippen molar-refractivity contribution in [3.8, 4) is 5.75 Å². The minimum absolute atomic E-state index is 0.00706. The van der Waals surface area contributed by atoms with E-state index in [-0.39, 0.29) is 41.6 Å². The molecule has 4 rings (SSSR count). The van der Waals surface area contributed by atoms with Crippen molar-refractivity contribution < 1.29 is 38.8 Å². The minimum atomic E-state index is -1.59. The molecule has 0 spiro atoms. The minimum Gasteiger partial charge on any atom is -0.534 e. The second-order valence-electron chi connectivity index (χ2n) is 8.77. The fourth-order valence-electron chi connectivity index (χ4n) is 4.31. The number of carboxylic acids is 1. The third-order valence-electron chi connectivity index (χ3n) is 6.19. The molecular formula is C22H25BN6O8S. The molecule has 5 amide bonds. The van der Waals surface area contributed by atoms with Gasteiger partial charge in [-0.2, -0.15) is 0 Å². The number of nitrogens with zero attached hydrogens (tertiary/aromatic N) is 3. The number of aryl methyl sites for hydroxylation is 1. The van der Waals surface area contributed by atoms with E-state index in [0.717, 1.165) is 16.2 Å². The Kier molecular flexibility index (Phi) is 7.55. The third-order valence-corrected chi connectivity index (χ3v) is 6.88. The summed E-state index contributed by atoms with van der Waals surface area (Å²) in [6, 6.07) is 0.700. The molecule has 14 nitrogen and oxygen atoms in total. The van der Waals surface area contributed by atoms with Crippen molar-refractivity contribution >= 4 is 53.3 Å². The SMILES string of the molecule is CCN1CCN(C(=O)NC(C(=O)N[C@H]2Cc3cc(C)cc(C(=O)O)c3OB2O)c2csc(N)n2)C(=O)C1=O. The van der Waals surface area contributed by atoms with Crippen LogP contribution in [0.3, 0.4) is 0 Å². The maximum Gasteiger partial charge on any atom is 0.547 e. The van der Waals surface area contributed by atoms with Crippen LogP contribution in [0.4, 0.5) is 9.93 Å². The lowest BCUT2D eigenvalue weighted by atomic mass is 9.72. The number of carbonyl (C=O) groups is 5. The number of aromatic nitrogens is 1. The number of amides is 5. The number of urea groups is 1. The van der Waals surface area contributed by atoms with E-state index in [4.69, 9.17) is 10.4 Å². The summed E-state index contributed by atoms with van der Waals surface area (Å²) in [4.78, 5) is 68.7. The van der Waals surface area contributed by atoms with Crippen LogP contribution in [-0.4, -0.2) is 87.3 Å². The number of carboxylic acid groups (broad SMARTS) is 1. The Labute approximate surface area is 220 Å². The number of hydrogen-bond donors (Lipinski definition) is 5. The van der Waals surface area contributed by atoms with Gasteiger partial charge in [0.05, 0.1) is 11.6 Å². The van der Waals surface area contributed by atoms with Gasteiger partial charge in [0.25, 0.3) is 0 Å². The second kappa shape index (κ2) is 10.7. The number of nitrogen functional groups attached to an aromatic ring is 1. The number of nitrogens with two attached hydrogens (primary N) is 1. The van der Waals surface area contributed by atoms with Gasteiger partial charge in [0, 0.05) is 25.0 Å². The highest BCUT2D eigenvalue weighted by molar-refractivity contribution is 7.13. The zero-order valence-corrected chi connectivity index (χ0v) is 21.3. The van der Waals surface area contributed by atoms with Crippen molar-refractivity contribution in [3.63, 3.8) is 0 Å². The molecule has 1 aromatic carbocycles. The molecule has 2 atom stereocenters. The molecule has 0 saturated carbocycles. The number of anilines is 1. The zero-order valence-electron chi connectivity index (χ0n) is 20.5. The number of likely N-dealkylation sites (N-methyl/N-ethyl adjacent to an activating group) is 1. The molecule has 200 valence electrons. The monoisotopic (exact) mass is 544 g/mol. The van der Waals surface area contributed by atoms with E-state index in [2.05, 4.69) is 15.6 Å². The number of imide groups is 1. The van der Waals surface area contributed by atoms with Crippen LogP contribution in [0.15, 0.2) is 17.5 Å². The van der Waals surface area contributed by atoms with Crippen LogP contribution in [0, 0.1) is 6.92 Å². The van der Waals surface area contributed by atoms with E-state index in [1.54, 1.807) is 19.9 Å². The van der Waals surface area contributed by atoms with Gasteiger partial charge in [0.15, 0.2) is 11.2 Å². The topological polar surface area (TPSA) is 204 Å². The number of hydrogen-bond acceptors (Lipinski definition) is 10. The van der Waals surface area contributed by atoms with Gasteiger partial charge in [-0.25, -0.2) is 14.6 Å². The van der Waals surface area contributed by atoms with E-state index in [1.807, 2.05) is 0 Å². The van der Waals surface area contributed by atoms with Crippen LogP contribution in [-0.2, 0) is 20.8 Å².